The van der Waals surface area contributed by atoms with E-state index in [9.17, 15) is 4.79 Å². The van der Waals surface area contributed by atoms with Crippen LogP contribution in [0.4, 0.5) is 5.69 Å². The normalized spacial score (nSPS) is 11.0. The van der Waals surface area contributed by atoms with Gasteiger partial charge in [-0.05, 0) is 41.1 Å². The second kappa shape index (κ2) is 5.81. The van der Waals surface area contributed by atoms with Crippen LogP contribution in [0.1, 0.15) is 13.3 Å². The summed E-state index contributed by atoms with van der Waals surface area (Å²) in [4.78, 5) is 16.1. The van der Waals surface area contributed by atoms with Gasteiger partial charge >= 0.3 is 0 Å². The molecule has 0 aliphatic rings. The molecule has 0 bridgehead atoms. The summed E-state index contributed by atoms with van der Waals surface area (Å²) in [5, 5.41) is 5.17. The molecule has 4 aromatic rings. The molecule has 0 aliphatic heterocycles. The zero-order valence-corrected chi connectivity index (χ0v) is 13.2. The van der Waals surface area contributed by atoms with Crippen LogP contribution in [-0.2, 0) is 4.79 Å². The molecule has 4 nitrogen and oxygen atoms in total. The Morgan fingerprint density at radius 3 is 2.71 bits per heavy atom. The lowest BCUT2D eigenvalue weighted by Gasteiger charge is -2.01. The predicted molar refractivity (Wildman–Crippen MR) is 95.9 cm³/mol. The SMILES string of the molecule is CCC(=O)Nc1ccc2oc(-c3ccc4ccccc4c3)nc2c1. The molecule has 0 aliphatic carbocycles. The second-order valence-electron chi connectivity index (χ2n) is 5.67. The minimum absolute atomic E-state index is 0.0207. The van der Waals surface area contributed by atoms with Gasteiger partial charge in [0.05, 0.1) is 0 Å². The zero-order valence-electron chi connectivity index (χ0n) is 13.2. The van der Waals surface area contributed by atoms with Crippen molar-refractivity contribution in [2.24, 2.45) is 0 Å². The molecule has 0 atom stereocenters. The van der Waals surface area contributed by atoms with Gasteiger partial charge in [-0.2, -0.15) is 0 Å². The van der Waals surface area contributed by atoms with Gasteiger partial charge in [0, 0.05) is 17.7 Å². The van der Waals surface area contributed by atoms with Gasteiger partial charge in [0.2, 0.25) is 11.8 Å². The van der Waals surface area contributed by atoms with Crippen molar-refractivity contribution in [1.82, 2.24) is 4.98 Å². The first-order chi connectivity index (χ1) is 11.7. The number of nitrogens with one attached hydrogen (secondary N) is 1. The van der Waals surface area contributed by atoms with Gasteiger partial charge in [0.15, 0.2) is 5.58 Å². The molecule has 1 amide bonds. The van der Waals surface area contributed by atoms with Gasteiger partial charge in [-0.3, -0.25) is 4.79 Å². The first-order valence-corrected chi connectivity index (χ1v) is 7.92. The Balaban J connectivity index is 1.74. The van der Waals surface area contributed by atoms with Crippen LogP contribution >= 0.6 is 0 Å². The lowest BCUT2D eigenvalue weighted by atomic mass is 10.1. The zero-order chi connectivity index (χ0) is 16.5. The highest BCUT2D eigenvalue weighted by atomic mass is 16.3. The van der Waals surface area contributed by atoms with Crippen LogP contribution in [-0.4, -0.2) is 10.9 Å². The Labute approximate surface area is 139 Å². The van der Waals surface area contributed by atoms with Crippen molar-refractivity contribution >= 4 is 33.5 Å². The number of hydrogen-bond donors (Lipinski definition) is 1. The number of aromatic nitrogens is 1. The summed E-state index contributed by atoms with van der Waals surface area (Å²) < 4.78 is 5.87. The van der Waals surface area contributed by atoms with E-state index in [1.54, 1.807) is 0 Å². The van der Waals surface area contributed by atoms with Crippen LogP contribution in [0.2, 0.25) is 0 Å². The molecule has 0 radical (unpaired) electrons. The summed E-state index contributed by atoms with van der Waals surface area (Å²) >= 11 is 0. The molecule has 4 heteroatoms. The van der Waals surface area contributed by atoms with E-state index in [-0.39, 0.29) is 5.91 Å². The number of oxazole rings is 1. The van der Waals surface area contributed by atoms with Crippen LogP contribution in [0.5, 0.6) is 0 Å². The fourth-order valence-electron chi connectivity index (χ4n) is 2.70. The number of carbonyl (C=O) groups excluding carboxylic acids is 1. The van der Waals surface area contributed by atoms with E-state index < -0.39 is 0 Å². The summed E-state index contributed by atoms with van der Waals surface area (Å²) in [5.41, 5.74) is 3.09. The highest BCUT2D eigenvalue weighted by molar-refractivity contribution is 5.93. The summed E-state index contributed by atoms with van der Waals surface area (Å²) in [6.45, 7) is 1.82. The van der Waals surface area contributed by atoms with Crippen LogP contribution in [0.25, 0.3) is 33.3 Å². The summed E-state index contributed by atoms with van der Waals surface area (Å²) in [7, 11) is 0. The van der Waals surface area contributed by atoms with Crippen LogP contribution in [0, 0.1) is 0 Å². The molecule has 0 saturated carbocycles. The lowest BCUT2D eigenvalue weighted by Crippen LogP contribution is -2.08. The number of amides is 1. The molecular weight excluding hydrogens is 300 g/mol. The molecule has 3 aromatic carbocycles. The molecule has 0 fully saturated rings. The fourth-order valence-corrected chi connectivity index (χ4v) is 2.70. The summed E-state index contributed by atoms with van der Waals surface area (Å²) in [6.07, 6.45) is 0.444. The molecule has 1 N–H and O–H groups in total. The quantitative estimate of drug-likeness (QED) is 0.579. The Morgan fingerprint density at radius 1 is 1.04 bits per heavy atom. The monoisotopic (exact) mass is 316 g/mol. The topological polar surface area (TPSA) is 55.1 Å². The summed E-state index contributed by atoms with van der Waals surface area (Å²) in [6, 6.07) is 19.8. The Bertz CT molecular complexity index is 1050. The first-order valence-electron chi connectivity index (χ1n) is 7.92. The molecule has 118 valence electrons. The number of anilines is 1. The third-order valence-corrected chi connectivity index (χ3v) is 3.99. The Morgan fingerprint density at radius 2 is 1.88 bits per heavy atom. The van der Waals surface area contributed by atoms with E-state index in [1.165, 1.54) is 5.39 Å². The van der Waals surface area contributed by atoms with Crippen molar-refractivity contribution < 1.29 is 9.21 Å². The molecule has 1 aromatic heterocycles. The second-order valence-corrected chi connectivity index (χ2v) is 5.67. The number of rotatable bonds is 3. The van der Waals surface area contributed by atoms with E-state index in [0.717, 1.165) is 22.2 Å². The maximum absolute atomic E-state index is 11.5. The average Bonchev–Trinajstić information content (AvgIpc) is 3.04. The van der Waals surface area contributed by atoms with Crippen molar-refractivity contribution in [3.8, 4) is 11.5 Å². The van der Waals surface area contributed by atoms with Crippen LogP contribution in [0.15, 0.2) is 65.1 Å². The minimum atomic E-state index is -0.0207. The third kappa shape index (κ3) is 2.63. The van der Waals surface area contributed by atoms with Gasteiger partial charge in [0.1, 0.15) is 5.52 Å². The highest BCUT2D eigenvalue weighted by Crippen LogP contribution is 2.28. The van der Waals surface area contributed by atoms with E-state index in [1.807, 2.05) is 43.3 Å². The minimum Gasteiger partial charge on any atom is -0.436 e. The third-order valence-electron chi connectivity index (χ3n) is 3.99. The number of nitrogens with zero attached hydrogens (tertiary/aromatic N) is 1. The van der Waals surface area contributed by atoms with Gasteiger partial charge in [-0.25, -0.2) is 4.98 Å². The van der Waals surface area contributed by atoms with Crippen molar-refractivity contribution in [1.29, 1.82) is 0 Å². The lowest BCUT2D eigenvalue weighted by molar-refractivity contribution is -0.115. The Kier molecular flexibility index (Phi) is 3.50. The predicted octanol–water partition coefficient (Wildman–Crippen LogP) is 5.00. The molecule has 1 heterocycles. The smallest absolute Gasteiger partial charge is 0.227 e. The van der Waals surface area contributed by atoms with Gasteiger partial charge in [-0.15, -0.1) is 0 Å². The fraction of sp³-hybridized carbons (Fsp3) is 0.100. The van der Waals surface area contributed by atoms with Gasteiger partial charge < -0.3 is 9.73 Å². The van der Waals surface area contributed by atoms with E-state index >= 15 is 0 Å². The number of fused-ring (bicyclic) bond motifs is 2. The standard InChI is InChI=1S/C20H16N2O2/c1-2-19(23)21-16-9-10-18-17(12-16)22-20(24-18)15-8-7-13-5-3-4-6-14(13)11-15/h3-12H,2H2,1H3,(H,21,23). The number of benzene rings is 3. The molecule has 0 unspecified atom stereocenters. The van der Waals surface area contributed by atoms with Crippen LogP contribution in [0.3, 0.4) is 0 Å². The average molecular weight is 316 g/mol. The maximum Gasteiger partial charge on any atom is 0.227 e. The highest BCUT2D eigenvalue weighted by Gasteiger charge is 2.10. The van der Waals surface area contributed by atoms with E-state index in [4.69, 9.17) is 4.42 Å². The van der Waals surface area contributed by atoms with Crippen LogP contribution < -0.4 is 5.32 Å². The maximum atomic E-state index is 11.5. The Hall–Kier alpha value is -3.14. The van der Waals surface area contributed by atoms with E-state index in [2.05, 4.69) is 34.6 Å². The molecule has 4 rings (SSSR count). The number of hydrogen-bond acceptors (Lipinski definition) is 3. The van der Waals surface area contributed by atoms with E-state index in [0.29, 0.717) is 17.9 Å². The summed E-state index contributed by atoms with van der Waals surface area (Å²) in [5.74, 6) is 0.558. The van der Waals surface area contributed by atoms with Gasteiger partial charge in [0.25, 0.3) is 0 Å². The van der Waals surface area contributed by atoms with Crippen molar-refractivity contribution in [3.05, 3.63) is 60.7 Å². The number of carbonyl (C=O) groups is 1. The first kappa shape index (κ1) is 14.5. The molecule has 0 saturated heterocycles. The molecular formula is C20H16N2O2. The van der Waals surface area contributed by atoms with Gasteiger partial charge in [-0.1, -0.05) is 37.3 Å². The molecule has 0 spiro atoms. The van der Waals surface area contributed by atoms with Crippen molar-refractivity contribution in [3.63, 3.8) is 0 Å². The molecule has 24 heavy (non-hydrogen) atoms. The van der Waals surface area contributed by atoms with Crippen molar-refractivity contribution in [2.75, 3.05) is 5.32 Å². The largest absolute Gasteiger partial charge is 0.436 e. The van der Waals surface area contributed by atoms with Crippen molar-refractivity contribution in [2.45, 2.75) is 13.3 Å².